The van der Waals surface area contributed by atoms with Crippen molar-refractivity contribution in [1.29, 1.82) is 0 Å². The third-order valence-electron chi connectivity index (χ3n) is 7.44. The Morgan fingerprint density at radius 1 is 0.395 bits per heavy atom. The first kappa shape index (κ1) is 26.0. The van der Waals surface area contributed by atoms with E-state index in [1.165, 1.54) is 0 Å². The minimum absolute atomic E-state index is 0. The van der Waals surface area contributed by atoms with E-state index in [2.05, 4.69) is 0 Å². The number of fused-ring (bicyclic) bond motifs is 20. The summed E-state index contributed by atoms with van der Waals surface area (Å²) in [7, 11) is 0. The second-order valence-electron chi connectivity index (χ2n) is 9.95. The summed E-state index contributed by atoms with van der Waals surface area (Å²) in [6.45, 7) is 0. The summed E-state index contributed by atoms with van der Waals surface area (Å²) in [5.74, 6) is 1.88. The summed E-state index contributed by atoms with van der Waals surface area (Å²) >= 11 is 12.8. The second-order valence-corrected chi connectivity index (χ2v) is 10.8. The van der Waals surface area contributed by atoms with Crippen molar-refractivity contribution in [1.82, 2.24) is 39.9 Å². The molecule has 1 radical (unpaired) electrons. The van der Waals surface area contributed by atoms with Crippen LogP contribution in [0.15, 0.2) is 84.9 Å². The van der Waals surface area contributed by atoms with Gasteiger partial charge in [-0.25, -0.2) is 9.97 Å². The van der Waals surface area contributed by atoms with Gasteiger partial charge in [-0.2, -0.15) is 0 Å². The first-order valence-corrected chi connectivity index (χ1v) is 13.8. The first-order valence-electron chi connectivity index (χ1n) is 13.1. The third kappa shape index (κ3) is 4.05. The molecule has 0 N–H and O–H groups in total. The van der Waals surface area contributed by atoms with Gasteiger partial charge < -0.3 is 29.9 Å². The molecule has 0 unspecified atom stereocenters. The van der Waals surface area contributed by atoms with Crippen LogP contribution in [0.2, 0.25) is 10.0 Å². The predicted molar refractivity (Wildman–Crippen MR) is 164 cm³/mol. The van der Waals surface area contributed by atoms with E-state index < -0.39 is 0 Å². The van der Waals surface area contributed by atoms with E-state index in [1.807, 2.05) is 84.9 Å². The predicted octanol–water partition coefficient (Wildman–Crippen LogP) is 7.43. The number of rotatable bonds is 0. The monoisotopic (exact) mass is 643 g/mol. The summed E-state index contributed by atoms with van der Waals surface area (Å²) in [5, 5.41) is 4.51. The molecule has 5 heterocycles. The van der Waals surface area contributed by atoms with Crippen LogP contribution in [0.4, 0.5) is 0 Å². The second kappa shape index (κ2) is 9.69. The maximum Gasteiger partial charge on any atom is 2.00 e. The van der Waals surface area contributed by atoms with Crippen LogP contribution in [0.3, 0.4) is 0 Å². The van der Waals surface area contributed by atoms with Gasteiger partial charge in [-0.3, -0.25) is 0 Å². The van der Waals surface area contributed by atoms with Gasteiger partial charge in [0, 0.05) is 54.9 Å². The normalized spacial score (nSPS) is 11.8. The zero-order chi connectivity index (χ0) is 27.9. The summed E-state index contributed by atoms with van der Waals surface area (Å²) in [6, 6.07) is 26.8. The molecule has 0 spiro atoms. The largest absolute Gasteiger partial charge is 2.00 e. The Morgan fingerprint density at radius 3 is 1.07 bits per heavy atom. The molecule has 0 aliphatic carbocycles. The zero-order valence-corrected chi connectivity index (χ0v) is 24.2. The van der Waals surface area contributed by atoms with Gasteiger partial charge in [-0.1, -0.05) is 83.9 Å². The van der Waals surface area contributed by atoms with Gasteiger partial charge in [0.2, 0.25) is 0 Å². The SMILES string of the molecule is Clc1ccc2c(c1)-c1nc-2nc2[n-]c(nc3nc(nc4[n-]c(n1)c1ccccc41)-c1ccc(Cl)cc1-3)c1ccccc21.[Cu+2]. The Labute approximate surface area is 263 Å². The van der Waals surface area contributed by atoms with Crippen LogP contribution < -0.4 is 9.97 Å². The summed E-state index contributed by atoms with van der Waals surface area (Å²) < 4.78 is 0. The summed E-state index contributed by atoms with van der Waals surface area (Å²) in [4.78, 5) is 39.1. The van der Waals surface area contributed by atoms with Gasteiger partial charge in [0.15, 0.2) is 0 Å². The van der Waals surface area contributed by atoms with Crippen LogP contribution in [-0.2, 0) is 17.1 Å². The Kier molecular flexibility index (Phi) is 5.86. The first-order chi connectivity index (χ1) is 20.6. The van der Waals surface area contributed by atoms with Crippen LogP contribution in [-0.4, -0.2) is 29.9 Å². The van der Waals surface area contributed by atoms with E-state index in [9.17, 15) is 0 Å². The van der Waals surface area contributed by atoms with Crippen molar-refractivity contribution in [2.45, 2.75) is 0 Å². The van der Waals surface area contributed by atoms with E-state index in [1.54, 1.807) is 0 Å². The number of halogens is 2. The van der Waals surface area contributed by atoms with Gasteiger partial charge in [0.1, 0.15) is 0 Å². The van der Waals surface area contributed by atoms with Gasteiger partial charge >= 0.3 is 17.1 Å². The van der Waals surface area contributed by atoms with E-state index in [4.69, 9.17) is 63.1 Å². The summed E-state index contributed by atoms with van der Waals surface area (Å²) in [6.07, 6.45) is 0. The average molecular weight is 645 g/mol. The van der Waals surface area contributed by atoms with E-state index >= 15 is 0 Å². The minimum atomic E-state index is 0. The van der Waals surface area contributed by atoms with Gasteiger partial charge in [-0.15, -0.1) is 0 Å². The average Bonchev–Trinajstić information content (AvgIpc) is 3.72. The zero-order valence-electron chi connectivity index (χ0n) is 21.7. The molecule has 7 aromatic rings. The molecule has 0 saturated heterocycles. The number of benzene rings is 4. The van der Waals surface area contributed by atoms with E-state index in [0.717, 1.165) is 43.8 Å². The number of hydrogen-bond donors (Lipinski definition) is 0. The molecule has 11 heteroatoms. The quantitative estimate of drug-likeness (QED) is 0.157. The molecule has 3 aromatic heterocycles. The molecule has 0 fully saturated rings. The third-order valence-corrected chi connectivity index (χ3v) is 7.91. The van der Waals surface area contributed by atoms with Crippen LogP contribution >= 0.6 is 23.2 Å². The standard InChI is InChI=1S/C32H14Cl2N8.Cu/c33-15-9-11-21-23(13-15)32-40-28-20-8-4-2-6-18(20)26(36-28)38-30-22-12-10-16(34)14-24(22)31(42-30)39-27-19-7-3-1-5-17(19)25(35-27)37-29(21)41-32;/h1-14H;/q-2;+2. The van der Waals surface area contributed by atoms with Crippen molar-refractivity contribution < 1.29 is 17.1 Å². The maximum atomic E-state index is 6.42. The van der Waals surface area contributed by atoms with Crippen molar-refractivity contribution >= 4 is 67.3 Å². The molecule has 43 heavy (non-hydrogen) atoms. The minimum Gasteiger partial charge on any atom is -0.357 e. The maximum absolute atomic E-state index is 6.42. The van der Waals surface area contributed by atoms with Gasteiger partial charge in [0.25, 0.3) is 0 Å². The van der Waals surface area contributed by atoms with Crippen LogP contribution in [0.25, 0.3) is 89.7 Å². The molecule has 4 aromatic carbocycles. The molecular formula is C32H14Cl2CuN8. The number of hydrogen-bond acceptors (Lipinski definition) is 6. The molecule has 0 saturated carbocycles. The fourth-order valence-corrected chi connectivity index (χ4v) is 5.85. The molecule has 8 bridgehead atoms. The molecule has 2 aliphatic rings. The molecule has 207 valence electrons. The fraction of sp³-hybridized carbons (Fsp3) is 0. The molecule has 8 nitrogen and oxygen atoms in total. The number of aromatic nitrogens is 8. The Balaban J connectivity index is 0.00000278. The topological polar surface area (TPSA) is 106 Å². The van der Waals surface area contributed by atoms with Crippen LogP contribution in [0.5, 0.6) is 0 Å². The molecule has 2 aliphatic heterocycles. The Morgan fingerprint density at radius 2 is 0.721 bits per heavy atom. The van der Waals surface area contributed by atoms with E-state index in [-0.39, 0.29) is 17.1 Å². The Hall–Kier alpha value is -4.66. The van der Waals surface area contributed by atoms with Crippen molar-refractivity contribution in [2.24, 2.45) is 0 Å². The van der Waals surface area contributed by atoms with Crippen molar-refractivity contribution in [3.63, 3.8) is 0 Å². The smallest absolute Gasteiger partial charge is 0.357 e. The van der Waals surface area contributed by atoms with Crippen molar-refractivity contribution in [3.8, 4) is 45.6 Å². The van der Waals surface area contributed by atoms with Crippen LogP contribution in [0.1, 0.15) is 0 Å². The fourth-order valence-electron chi connectivity index (χ4n) is 5.51. The number of nitrogens with zero attached hydrogens (tertiary/aromatic N) is 8. The summed E-state index contributed by atoms with van der Waals surface area (Å²) in [5.41, 5.74) is 5.11. The van der Waals surface area contributed by atoms with Crippen LogP contribution in [0, 0.1) is 0 Å². The molecular weight excluding hydrogens is 631 g/mol. The Bertz CT molecular complexity index is 2300. The molecule has 0 amide bonds. The van der Waals surface area contributed by atoms with Crippen molar-refractivity contribution in [3.05, 3.63) is 95.0 Å². The van der Waals surface area contributed by atoms with Gasteiger partial charge in [0.05, 0.1) is 23.3 Å². The molecule has 0 atom stereocenters. The molecule has 9 rings (SSSR count). The van der Waals surface area contributed by atoms with Crippen molar-refractivity contribution in [2.75, 3.05) is 0 Å². The van der Waals surface area contributed by atoms with E-state index in [0.29, 0.717) is 55.9 Å². The van der Waals surface area contributed by atoms with Gasteiger partial charge in [-0.05, 0) is 45.8 Å².